The summed E-state index contributed by atoms with van der Waals surface area (Å²) in [6.07, 6.45) is 0.525. The van der Waals surface area contributed by atoms with Crippen molar-refractivity contribution < 1.29 is 15.0 Å². The maximum atomic E-state index is 11.7. The fraction of sp³-hybridized carbons (Fsp3) is 0.167. The summed E-state index contributed by atoms with van der Waals surface area (Å²) < 4.78 is 1.48. The van der Waals surface area contributed by atoms with Crippen molar-refractivity contribution in [3.63, 3.8) is 0 Å². The minimum Gasteiger partial charge on any atom is -0.478 e. The number of nitrogens with zero attached hydrogens (tertiary/aromatic N) is 3. The number of aromatic carboxylic acids is 1. The number of benzene rings is 2. The van der Waals surface area contributed by atoms with E-state index in [1.165, 1.54) is 11.0 Å². The number of hydrogen-bond acceptors (Lipinski definition) is 4. The van der Waals surface area contributed by atoms with Gasteiger partial charge in [-0.3, -0.25) is 0 Å². The monoisotopic (exact) mass is 323 g/mol. The zero-order valence-electron chi connectivity index (χ0n) is 13.3. The van der Waals surface area contributed by atoms with Crippen molar-refractivity contribution in [3.8, 4) is 16.8 Å². The third-order valence-electron chi connectivity index (χ3n) is 3.89. The molecule has 1 atom stereocenters. The summed E-state index contributed by atoms with van der Waals surface area (Å²) in [7, 11) is 0. The standard InChI is InChI=1S/C18H17N3O3/c1-11-15(18(23)24)8-14(13-6-4-3-5-7-13)9-16(11)21-17(12(2)22)19-10-20-21/h3-10,12,22H,1-2H3,(H,23,24). The first kappa shape index (κ1) is 15.9. The molecule has 0 amide bonds. The molecule has 0 saturated heterocycles. The third kappa shape index (κ3) is 2.79. The second-order valence-corrected chi connectivity index (χ2v) is 5.55. The Balaban J connectivity index is 2.27. The van der Waals surface area contributed by atoms with Crippen molar-refractivity contribution in [1.29, 1.82) is 0 Å². The molecule has 6 nitrogen and oxygen atoms in total. The lowest BCUT2D eigenvalue weighted by molar-refractivity contribution is 0.0696. The molecule has 24 heavy (non-hydrogen) atoms. The molecule has 1 aromatic heterocycles. The van der Waals surface area contributed by atoms with Crippen LogP contribution in [-0.4, -0.2) is 30.9 Å². The Hall–Kier alpha value is -2.99. The normalized spacial score (nSPS) is 12.1. The molecular weight excluding hydrogens is 306 g/mol. The summed E-state index contributed by atoms with van der Waals surface area (Å²) in [5, 5.41) is 23.6. The first-order chi connectivity index (χ1) is 11.5. The molecule has 2 aromatic carbocycles. The van der Waals surface area contributed by atoms with Crippen LogP contribution >= 0.6 is 0 Å². The first-order valence-corrected chi connectivity index (χ1v) is 7.50. The van der Waals surface area contributed by atoms with Gasteiger partial charge in [0.25, 0.3) is 0 Å². The Morgan fingerprint density at radius 1 is 1.17 bits per heavy atom. The topological polar surface area (TPSA) is 88.2 Å². The molecule has 3 rings (SSSR count). The minimum absolute atomic E-state index is 0.193. The molecule has 0 saturated carbocycles. The average molecular weight is 323 g/mol. The fourth-order valence-corrected chi connectivity index (χ4v) is 2.66. The highest BCUT2D eigenvalue weighted by Gasteiger charge is 2.19. The van der Waals surface area contributed by atoms with Gasteiger partial charge in [0.05, 0.1) is 11.3 Å². The molecule has 0 radical (unpaired) electrons. The van der Waals surface area contributed by atoms with Crippen LogP contribution in [-0.2, 0) is 0 Å². The van der Waals surface area contributed by atoms with Crippen molar-refractivity contribution in [3.05, 3.63) is 65.7 Å². The van der Waals surface area contributed by atoms with Crippen LogP contribution in [0.4, 0.5) is 0 Å². The van der Waals surface area contributed by atoms with E-state index in [9.17, 15) is 15.0 Å². The summed E-state index contributed by atoms with van der Waals surface area (Å²) in [6.45, 7) is 3.32. The molecule has 0 spiro atoms. The molecule has 6 heteroatoms. The van der Waals surface area contributed by atoms with Crippen molar-refractivity contribution >= 4 is 5.97 Å². The lowest BCUT2D eigenvalue weighted by atomic mass is 9.98. The molecule has 2 N–H and O–H groups in total. The summed E-state index contributed by atoms with van der Waals surface area (Å²) in [4.78, 5) is 15.7. The third-order valence-corrected chi connectivity index (χ3v) is 3.89. The van der Waals surface area contributed by atoms with Crippen molar-refractivity contribution in [2.45, 2.75) is 20.0 Å². The molecule has 1 unspecified atom stereocenters. The zero-order chi connectivity index (χ0) is 17.3. The number of aliphatic hydroxyl groups excluding tert-OH is 1. The van der Waals surface area contributed by atoms with Gasteiger partial charge in [-0.05, 0) is 42.7 Å². The van der Waals surface area contributed by atoms with Crippen molar-refractivity contribution in [2.75, 3.05) is 0 Å². The Labute approximate surface area is 139 Å². The number of aromatic nitrogens is 3. The van der Waals surface area contributed by atoms with E-state index in [-0.39, 0.29) is 5.56 Å². The number of rotatable bonds is 4. The van der Waals surface area contributed by atoms with Gasteiger partial charge in [0, 0.05) is 0 Å². The van der Waals surface area contributed by atoms with Crippen LogP contribution in [0.1, 0.15) is 34.8 Å². The SMILES string of the molecule is Cc1c(C(=O)O)cc(-c2ccccc2)cc1-n1ncnc1C(C)O. The summed E-state index contributed by atoms with van der Waals surface area (Å²) >= 11 is 0. The summed E-state index contributed by atoms with van der Waals surface area (Å²) in [5.41, 5.74) is 3.01. The molecule has 0 aliphatic carbocycles. The Morgan fingerprint density at radius 2 is 1.88 bits per heavy atom. The Bertz CT molecular complexity index is 886. The maximum Gasteiger partial charge on any atom is 0.336 e. The Morgan fingerprint density at radius 3 is 2.50 bits per heavy atom. The lowest BCUT2D eigenvalue weighted by Crippen LogP contribution is -2.11. The van der Waals surface area contributed by atoms with Crippen LogP contribution < -0.4 is 0 Å². The zero-order valence-corrected chi connectivity index (χ0v) is 13.3. The van der Waals surface area contributed by atoms with Crippen LogP contribution in [0.3, 0.4) is 0 Å². The molecule has 0 aliphatic heterocycles. The predicted octanol–water partition coefficient (Wildman–Crippen LogP) is 2.99. The average Bonchev–Trinajstić information content (AvgIpc) is 3.05. The molecule has 122 valence electrons. The van der Waals surface area contributed by atoms with E-state index >= 15 is 0 Å². The highest BCUT2D eigenvalue weighted by molar-refractivity contribution is 5.92. The lowest BCUT2D eigenvalue weighted by Gasteiger charge is -2.15. The summed E-state index contributed by atoms with van der Waals surface area (Å²) in [6, 6.07) is 13.0. The van der Waals surface area contributed by atoms with Gasteiger partial charge in [-0.25, -0.2) is 14.5 Å². The van der Waals surface area contributed by atoms with Gasteiger partial charge in [0.2, 0.25) is 0 Å². The highest BCUT2D eigenvalue weighted by atomic mass is 16.4. The molecule has 0 bridgehead atoms. The van der Waals surface area contributed by atoms with Gasteiger partial charge in [0.1, 0.15) is 12.4 Å². The van der Waals surface area contributed by atoms with E-state index in [1.54, 1.807) is 19.9 Å². The molecule has 0 aliphatic rings. The number of hydrogen-bond donors (Lipinski definition) is 2. The minimum atomic E-state index is -1.01. The van der Waals surface area contributed by atoms with Crippen LogP contribution in [0, 0.1) is 6.92 Å². The first-order valence-electron chi connectivity index (χ1n) is 7.50. The smallest absolute Gasteiger partial charge is 0.336 e. The molecular formula is C18H17N3O3. The number of aliphatic hydroxyl groups is 1. The summed E-state index contributed by atoms with van der Waals surface area (Å²) in [5.74, 6) is -0.648. The quantitative estimate of drug-likeness (QED) is 0.770. The largest absolute Gasteiger partial charge is 0.478 e. The van der Waals surface area contributed by atoms with Crippen LogP contribution in [0.15, 0.2) is 48.8 Å². The van der Waals surface area contributed by atoms with E-state index in [2.05, 4.69) is 10.1 Å². The van der Waals surface area contributed by atoms with E-state index < -0.39 is 12.1 Å². The number of carbonyl (C=O) groups is 1. The van der Waals surface area contributed by atoms with Gasteiger partial charge in [-0.1, -0.05) is 30.3 Å². The van der Waals surface area contributed by atoms with Gasteiger partial charge < -0.3 is 10.2 Å². The predicted molar refractivity (Wildman–Crippen MR) is 89.1 cm³/mol. The van der Waals surface area contributed by atoms with E-state index in [0.717, 1.165) is 11.1 Å². The number of carboxylic acids is 1. The second-order valence-electron chi connectivity index (χ2n) is 5.55. The van der Waals surface area contributed by atoms with E-state index in [1.807, 2.05) is 36.4 Å². The fourth-order valence-electron chi connectivity index (χ4n) is 2.66. The number of carboxylic acid groups (broad SMARTS) is 1. The van der Waals surface area contributed by atoms with Crippen LogP contribution in [0.5, 0.6) is 0 Å². The maximum absolute atomic E-state index is 11.7. The van der Waals surface area contributed by atoms with Crippen molar-refractivity contribution in [1.82, 2.24) is 14.8 Å². The molecule has 0 fully saturated rings. The van der Waals surface area contributed by atoms with Gasteiger partial charge in [-0.2, -0.15) is 5.10 Å². The van der Waals surface area contributed by atoms with Crippen LogP contribution in [0.25, 0.3) is 16.8 Å². The van der Waals surface area contributed by atoms with Gasteiger partial charge in [-0.15, -0.1) is 0 Å². The Kier molecular flexibility index (Phi) is 4.14. The van der Waals surface area contributed by atoms with Gasteiger partial charge in [0.15, 0.2) is 5.82 Å². The van der Waals surface area contributed by atoms with Crippen LogP contribution in [0.2, 0.25) is 0 Å². The molecule has 1 heterocycles. The van der Waals surface area contributed by atoms with Gasteiger partial charge >= 0.3 is 5.97 Å². The molecule has 3 aromatic rings. The highest BCUT2D eigenvalue weighted by Crippen LogP contribution is 2.28. The van der Waals surface area contributed by atoms with Crippen molar-refractivity contribution in [2.24, 2.45) is 0 Å². The van der Waals surface area contributed by atoms with E-state index in [4.69, 9.17) is 0 Å². The van der Waals surface area contributed by atoms with E-state index in [0.29, 0.717) is 17.1 Å². The second kappa shape index (κ2) is 6.25.